The molecule has 0 bridgehead atoms. The molecule has 2 heterocycles. The van der Waals surface area contributed by atoms with Crippen molar-refractivity contribution in [2.75, 3.05) is 38.2 Å². The summed E-state index contributed by atoms with van der Waals surface area (Å²) in [7, 11) is 1.27. The average molecular weight is 489 g/mol. The second-order valence-corrected chi connectivity index (χ2v) is 8.61. The molecule has 1 aromatic rings. The van der Waals surface area contributed by atoms with Crippen LogP contribution in [0.3, 0.4) is 0 Å². The van der Waals surface area contributed by atoms with Gasteiger partial charge in [-0.3, -0.25) is 14.4 Å². The van der Waals surface area contributed by atoms with Crippen LogP contribution in [0, 0.1) is 5.92 Å². The highest BCUT2D eigenvalue weighted by molar-refractivity contribution is 6.02. The van der Waals surface area contributed by atoms with Crippen LogP contribution in [0.2, 0.25) is 0 Å². The first kappa shape index (κ1) is 25.8. The van der Waals surface area contributed by atoms with Crippen molar-refractivity contribution >= 4 is 35.5 Å². The van der Waals surface area contributed by atoms with Crippen molar-refractivity contribution in [2.45, 2.75) is 38.6 Å². The monoisotopic (exact) mass is 488 g/mol. The minimum Gasteiger partial charge on any atom is -0.469 e. The van der Waals surface area contributed by atoms with Gasteiger partial charge in [0.05, 0.1) is 13.5 Å². The summed E-state index contributed by atoms with van der Waals surface area (Å²) >= 11 is 0. The Bertz CT molecular complexity index is 958. The number of methoxy groups -OCH3 is 1. The summed E-state index contributed by atoms with van der Waals surface area (Å²) in [6, 6.07) is 5.58. The Morgan fingerprint density at radius 2 is 1.80 bits per heavy atom. The molecule has 2 saturated heterocycles. The topological polar surface area (TPSA) is 156 Å². The Labute approximate surface area is 203 Å². The lowest BCUT2D eigenvalue weighted by Crippen LogP contribution is -2.46. The SMILES string of the molecule is COC(=O)CCNC(=O)NC1CCN(c2ccc(/C(N)=N/OC(=O)N3CCC(C)CC3)cc2)C1=O. The first-order chi connectivity index (χ1) is 16.8. The summed E-state index contributed by atoms with van der Waals surface area (Å²) in [4.78, 5) is 56.2. The van der Waals surface area contributed by atoms with Crippen LogP contribution < -0.4 is 21.3 Å². The van der Waals surface area contributed by atoms with E-state index in [1.54, 1.807) is 34.1 Å². The number of nitrogens with zero attached hydrogens (tertiary/aromatic N) is 3. The number of hydrogen-bond acceptors (Lipinski definition) is 7. The highest BCUT2D eigenvalue weighted by Crippen LogP contribution is 2.22. The van der Waals surface area contributed by atoms with E-state index in [-0.39, 0.29) is 24.7 Å². The molecule has 0 radical (unpaired) electrons. The minimum atomic E-state index is -0.670. The fourth-order valence-electron chi connectivity index (χ4n) is 3.86. The molecule has 12 nitrogen and oxygen atoms in total. The smallest absolute Gasteiger partial charge is 0.436 e. The second-order valence-electron chi connectivity index (χ2n) is 8.61. The van der Waals surface area contributed by atoms with Crippen LogP contribution >= 0.6 is 0 Å². The Morgan fingerprint density at radius 3 is 2.46 bits per heavy atom. The molecule has 1 aromatic carbocycles. The number of likely N-dealkylation sites (tertiary alicyclic amines) is 1. The molecule has 2 aliphatic heterocycles. The van der Waals surface area contributed by atoms with E-state index in [1.807, 2.05) is 0 Å². The third kappa shape index (κ3) is 7.08. The Hall–Kier alpha value is -3.83. The van der Waals surface area contributed by atoms with Gasteiger partial charge in [-0.15, -0.1) is 0 Å². The molecular formula is C23H32N6O6. The van der Waals surface area contributed by atoms with Gasteiger partial charge in [0.1, 0.15) is 6.04 Å². The third-order valence-electron chi connectivity index (χ3n) is 6.09. The lowest BCUT2D eigenvalue weighted by atomic mass is 10.00. The largest absolute Gasteiger partial charge is 0.469 e. The highest BCUT2D eigenvalue weighted by atomic mass is 16.7. The number of hydrogen-bond donors (Lipinski definition) is 3. The molecule has 190 valence electrons. The molecule has 0 spiro atoms. The molecular weight excluding hydrogens is 456 g/mol. The number of amidine groups is 1. The van der Waals surface area contributed by atoms with Crippen molar-refractivity contribution in [1.29, 1.82) is 0 Å². The van der Waals surface area contributed by atoms with E-state index in [2.05, 4.69) is 27.4 Å². The van der Waals surface area contributed by atoms with Crippen molar-refractivity contribution in [3.8, 4) is 0 Å². The molecule has 0 saturated carbocycles. The first-order valence-electron chi connectivity index (χ1n) is 11.6. The summed E-state index contributed by atoms with van der Waals surface area (Å²) in [5.41, 5.74) is 7.14. The maximum atomic E-state index is 12.7. The molecule has 0 aliphatic carbocycles. The van der Waals surface area contributed by atoms with Gasteiger partial charge in [-0.25, -0.2) is 9.59 Å². The van der Waals surface area contributed by atoms with Gasteiger partial charge < -0.3 is 30.9 Å². The molecule has 2 fully saturated rings. The fourth-order valence-corrected chi connectivity index (χ4v) is 3.86. The number of esters is 1. The van der Waals surface area contributed by atoms with Crippen LogP contribution in [-0.4, -0.2) is 74.1 Å². The molecule has 4 N–H and O–H groups in total. The Kier molecular flexibility index (Phi) is 8.87. The Balaban J connectivity index is 1.49. The van der Waals surface area contributed by atoms with Crippen molar-refractivity contribution in [2.24, 2.45) is 16.8 Å². The molecule has 4 amide bonds. The van der Waals surface area contributed by atoms with E-state index in [1.165, 1.54) is 7.11 Å². The number of benzene rings is 1. The lowest BCUT2D eigenvalue weighted by molar-refractivity contribution is -0.140. The predicted molar refractivity (Wildman–Crippen MR) is 128 cm³/mol. The molecule has 2 aliphatic rings. The molecule has 35 heavy (non-hydrogen) atoms. The van der Waals surface area contributed by atoms with Gasteiger partial charge >= 0.3 is 18.1 Å². The van der Waals surface area contributed by atoms with Crippen LogP contribution in [0.1, 0.15) is 38.2 Å². The summed E-state index contributed by atoms with van der Waals surface area (Å²) in [5.74, 6) is -0.0364. The van der Waals surface area contributed by atoms with Crippen LogP contribution in [0.15, 0.2) is 29.4 Å². The average Bonchev–Trinajstić information content (AvgIpc) is 3.22. The zero-order chi connectivity index (χ0) is 25.4. The number of urea groups is 1. The number of amides is 4. The van der Waals surface area contributed by atoms with Gasteiger partial charge in [-0.05, 0) is 49.4 Å². The zero-order valence-corrected chi connectivity index (χ0v) is 20.0. The van der Waals surface area contributed by atoms with Gasteiger partial charge in [0, 0.05) is 37.4 Å². The van der Waals surface area contributed by atoms with Crippen LogP contribution in [0.25, 0.3) is 0 Å². The van der Waals surface area contributed by atoms with Gasteiger partial charge in [-0.2, -0.15) is 0 Å². The highest BCUT2D eigenvalue weighted by Gasteiger charge is 2.33. The van der Waals surface area contributed by atoms with E-state index in [0.717, 1.165) is 12.8 Å². The maximum absolute atomic E-state index is 12.7. The maximum Gasteiger partial charge on any atom is 0.436 e. The third-order valence-corrected chi connectivity index (χ3v) is 6.09. The number of anilines is 1. The first-order valence-corrected chi connectivity index (χ1v) is 11.6. The fraction of sp³-hybridized carbons (Fsp3) is 0.522. The van der Waals surface area contributed by atoms with Crippen molar-refractivity contribution in [3.63, 3.8) is 0 Å². The molecule has 3 rings (SSSR count). The quantitative estimate of drug-likeness (QED) is 0.171. The van der Waals surface area contributed by atoms with E-state index in [4.69, 9.17) is 10.6 Å². The van der Waals surface area contributed by atoms with Gasteiger partial charge in [-0.1, -0.05) is 12.1 Å². The molecule has 1 unspecified atom stereocenters. The number of carbonyl (C=O) groups excluding carboxylic acids is 4. The van der Waals surface area contributed by atoms with Crippen molar-refractivity contribution in [3.05, 3.63) is 29.8 Å². The summed E-state index contributed by atoms with van der Waals surface area (Å²) < 4.78 is 4.51. The lowest BCUT2D eigenvalue weighted by Gasteiger charge is -2.28. The van der Waals surface area contributed by atoms with Gasteiger partial charge in [0.25, 0.3) is 0 Å². The summed E-state index contributed by atoms with van der Waals surface area (Å²) in [6.07, 6.45) is 1.83. The number of oxime groups is 1. The van der Waals surface area contributed by atoms with Gasteiger partial charge in [0.15, 0.2) is 5.84 Å². The second kappa shape index (κ2) is 12.0. The number of rotatable bonds is 7. The van der Waals surface area contributed by atoms with E-state index >= 15 is 0 Å². The standard InChI is InChI=1S/C23H32N6O6/c1-15-8-12-28(13-9-15)23(33)35-27-20(24)16-3-5-17(6-4-16)29-14-10-18(21(29)31)26-22(32)25-11-7-19(30)34-2/h3-6,15,18H,7-14H2,1-2H3,(H2,24,27)(H2,25,26,32). The number of carbonyl (C=O) groups is 4. The molecule has 0 aromatic heterocycles. The Morgan fingerprint density at radius 1 is 1.11 bits per heavy atom. The number of piperidine rings is 1. The number of nitrogens with two attached hydrogens (primary N) is 1. The minimum absolute atomic E-state index is 0.0458. The van der Waals surface area contributed by atoms with Crippen LogP contribution in [-0.2, 0) is 19.2 Å². The van der Waals surface area contributed by atoms with Gasteiger partial charge in [0.2, 0.25) is 5.91 Å². The van der Waals surface area contributed by atoms with Crippen molar-refractivity contribution in [1.82, 2.24) is 15.5 Å². The van der Waals surface area contributed by atoms with Crippen LogP contribution in [0.4, 0.5) is 15.3 Å². The molecule has 1 atom stereocenters. The zero-order valence-electron chi connectivity index (χ0n) is 20.0. The van der Waals surface area contributed by atoms with E-state index < -0.39 is 24.1 Å². The van der Waals surface area contributed by atoms with Crippen LogP contribution in [0.5, 0.6) is 0 Å². The van der Waals surface area contributed by atoms with E-state index in [9.17, 15) is 19.2 Å². The summed E-state index contributed by atoms with van der Waals surface area (Å²) in [5, 5.41) is 8.90. The normalized spacial score (nSPS) is 18.9. The predicted octanol–water partition coefficient (Wildman–Crippen LogP) is 1.14. The summed E-state index contributed by atoms with van der Waals surface area (Å²) in [6.45, 7) is 3.97. The van der Waals surface area contributed by atoms with E-state index in [0.29, 0.717) is 43.2 Å². The number of nitrogens with one attached hydrogen (secondary N) is 2. The number of ether oxygens (including phenoxy) is 1. The molecule has 12 heteroatoms. The van der Waals surface area contributed by atoms with Crippen molar-refractivity contribution < 1.29 is 28.8 Å².